The average molecular weight is 471 g/mol. The Bertz CT molecular complexity index is 896. The summed E-state index contributed by atoms with van der Waals surface area (Å²) in [4.78, 5) is 16.7. The Balaban J connectivity index is 2.60. The zero-order valence-electron chi connectivity index (χ0n) is 19.2. The van der Waals surface area contributed by atoms with Gasteiger partial charge in [-0.05, 0) is 30.5 Å². The number of ether oxygens (including phenoxy) is 2. The maximum Gasteiger partial charge on any atom is 0.407 e. The molecule has 1 aromatic rings. The largest absolute Gasteiger partial charge is 0.410 e. The molecule has 0 aliphatic carbocycles. The van der Waals surface area contributed by atoms with E-state index in [-0.39, 0.29) is 5.56 Å². The van der Waals surface area contributed by atoms with E-state index in [0.717, 1.165) is 12.1 Å². The van der Waals surface area contributed by atoms with Gasteiger partial charge < -0.3 is 15.2 Å². The van der Waals surface area contributed by atoms with E-state index in [1.807, 2.05) is 20.8 Å². The number of nitrogens with two attached hydrogens (primary N) is 1. The minimum atomic E-state index is -1.58. The number of thioether (sulfide) groups is 1. The molecule has 0 saturated heterocycles. The Kier molecular flexibility index (Phi) is 7.44. The van der Waals surface area contributed by atoms with Crippen LogP contribution in [-0.2, 0) is 15.0 Å². The minimum Gasteiger partial charge on any atom is -0.410 e. The van der Waals surface area contributed by atoms with Crippen molar-refractivity contribution in [2.75, 3.05) is 6.61 Å². The van der Waals surface area contributed by atoms with Crippen molar-refractivity contribution >= 4 is 31.0 Å². The molecular weight excluding hydrogens is 438 g/mol. The fourth-order valence-electron chi connectivity index (χ4n) is 3.17. The van der Waals surface area contributed by atoms with E-state index >= 15 is 0 Å². The molecule has 5 nitrogen and oxygen atoms in total. The molecule has 0 aromatic heterocycles. The zero-order valence-corrected chi connectivity index (χ0v) is 21.0. The van der Waals surface area contributed by atoms with Crippen molar-refractivity contribution in [1.29, 1.82) is 0 Å². The Morgan fingerprint density at radius 3 is 2.45 bits per heavy atom. The second kappa shape index (κ2) is 9.03. The van der Waals surface area contributed by atoms with Crippen LogP contribution in [0.15, 0.2) is 34.7 Å². The molecule has 0 spiro atoms. The first-order valence-corrected chi connectivity index (χ1v) is 14.7. The standard InChI is InChI=1S/C22H32F2N2O3SSi/c1-20(2,3)22(29-19(25)27,28-12-14-31(5,6)7)18-26-21(4,11-13-30-18)15-9-8-10-16(23)17(15)24/h8-11,13H,12,14H2,1-7H3,(H2,25,27)/t21?,22-/m1/s1. The molecule has 2 N–H and O–H groups in total. The van der Waals surface area contributed by atoms with Gasteiger partial charge in [-0.15, -0.1) is 0 Å². The van der Waals surface area contributed by atoms with Gasteiger partial charge in [0.15, 0.2) is 11.6 Å². The van der Waals surface area contributed by atoms with E-state index in [0.29, 0.717) is 11.7 Å². The van der Waals surface area contributed by atoms with E-state index in [4.69, 9.17) is 20.2 Å². The van der Waals surface area contributed by atoms with Crippen LogP contribution >= 0.6 is 11.8 Å². The lowest BCUT2D eigenvalue weighted by Gasteiger charge is -2.44. The van der Waals surface area contributed by atoms with Gasteiger partial charge in [0.1, 0.15) is 10.6 Å². The lowest BCUT2D eigenvalue weighted by Crippen LogP contribution is -2.56. The van der Waals surface area contributed by atoms with Crippen LogP contribution in [0.4, 0.5) is 13.6 Å². The van der Waals surface area contributed by atoms with Crippen molar-refractivity contribution in [2.24, 2.45) is 16.1 Å². The fourth-order valence-corrected chi connectivity index (χ4v) is 5.15. The number of amides is 1. The summed E-state index contributed by atoms with van der Waals surface area (Å²) in [6.07, 6.45) is 0.679. The summed E-state index contributed by atoms with van der Waals surface area (Å²) in [7, 11) is -1.45. The first-order chi connectivity index (χ1) is 14.1. The van der Waals surface area contributed by atoms with E-state index in [1.54, 1.807) is 18.4 Å². The number of aliphatic imine (C=N–C) groups is 1. The van der Waals surface area contributed by atoms with Crippen LogP contribution in [0.3, 0.4) is 0 Å². The molecular formula is C22H32F2N2O3SSi. The highest BCUT2D eigenvalue weighted by atomic mass is 32.2. The van der Waals surface area contributed by atoms with Gasteiger partial charge >= 0.3 is 6.09 Å². The summed E-state index contributed by atoms with van der Waals surface area (Å²) in [5.74, 6) is -3.51. The number of carbonyl (C=O) groups is 1. The fraction of sp³-hybridized carbons (Fsp3) is 0.545. The number of halogens is 2. The smallest absolute Gasteiger partial charge is 0.407 e. The molecule has 0 bridgehead atoms. The molecule has 1 aliphatic heterocycles. The quantitative estimate of drug-likeness (QED) is 0.390. The lowest BCUT2D eigenvalue weighted by molar-refractivity contribution is -0.202. The first kappa shape index (κ1) is 25.5. The van der Waals surface area contributed by atoms with Crippen LogP contribution in [0.25, 0.3) is 0 Å². The predicted octanol–water partition coefficient (Wildman–Crippen LogP) is 6.03. The van der Waals surface area contributed by atoms with Gasteiger partial charge in [-0.25, -0.2) is 13.6 Å². The maximum absolute atomic E-state index is 14.6. The van der Waals surface area contributed by atoms with Crippen molar-refractivity contribution in [3.05, 3.63) is 46.9 Å². The molecule has 0 radical (unpaired) electrons. The Morgan fingerprint density at radius 1 is 1.26 bits per heavy atom. The summed E-state index contributed by atoms with van der Waals surface area (Å²) >= 11 is 1.21. The first-order valence-electron chi connectivity index (χ1n) is 10.1. The highest BCUT2D eigenvalue weighted by Crippen LogP contribution is 2.45. The molecule has 0 saturated carbocycles. The van der Waals surface area contributed by atoms with Crippen molar-refractivity contribution < 1.29 is 23.0 Å². The Morgan fingerprint density at radius 2 is 1.90 bits per heavy atom. The molecule has 9 heteroatoms. The van der Waals surface area contributed by atoms with Crippen LogP contribution in [0.5, 0.6) is 0 Å². The number of primary amides is 1. The highest BCUT2D eigenvalue weighted by Gasteiger charge is 2.53. The van der Waals surface area contributed by atoms with Crippen LogP contribution in [0.1, 0.15) is 33.3 Å². The van der Waals surface area contributed by atoms with E-state index < -0.39 is 42.5 Å². The molecule has 31 heavy (non-hydrogen) atoms. The molecule has 0 fully saturated rings. The van der Waals surface area contributed by atoms with Gasteiger partial charge in [0.2, 0.25) is 0 Å². The predicted molar refractivity (Wildman–Crippen MR) is 125 cm³/mol. The number of benzene rings is 1. The highest BCUT2D eigenvalue weighted by molar-refractivity contribution is 8.16. The Hall–Kier alpha value is -1.71. The third-order valence-electron chi connectivity index (χ3n) is 5.07. The normalized spacial score (nSPS) is 21.4. The molecule has 1 aromatic carbocycles. The summed E-state index contributed by atoms with van der Waals surface area (Å²) in [5, 5.41) is 2.04. The number of rotatable bonds is 7. The molecule has 2 rings (SSSR count). The van der Waals surface area contributed by atoms with Crippen LogP contribution in [0, 0.1) is 17.0 Å². The van der Waals surface area contributed by atoms with Crippen LogP contribution < -0.4 is 5.73 Å². The molecule has 1 unspecified atom stereocenters. The van der Waals surface area contributed by atoms with Crippen molar-refractivity contribution in [3.63, 3.8) is 0 Å². The Labute approximate surface area is 188 Å². The minimum absolute atomic E-state index is 0.0746. The SMILES string of the molecule is CC1(c2cccc(F)c2F)C=CSC([C@@](OCC[Si](C)(C)C)(OC(N)=O)C(C)(C)C)=N1. The van der Waals surface area contributed by atoms with E-state index in [9.17, 15) is 13.6 Å². The zero-order chi connectivity index (χ0) is 23.7. The van der Waals surface area contributed by atoms with Gasteiger partial charge in [-0.2, -0.15) is 0 Å². The lowest BCUT2D eigenvalue weighted by atomic mass is 9.84. The molecule has 1 amide bonds. The molecule has 1 heterocycles. The number of nitrogens with zero attached hydrogens (tertiary/aromatic N) is 1. The van der Waals surface area contributed by atoms with Crippen molar-refractivity contribution in [1.82, 2.24) is 0 Å². The molecule has 2 atom stereocenters. The van der Waals surface area contributed by atoms with Crippen molar-refractivity contribution in [2.45, 2.75) is 64.7 Å². The van der Waals surface area contributed by atoms with Crippen LogP contribution in [-0.4, -0.2) is 31.6 Å². The second-order valence-electron chi connectivity index (χ2n) is 10.0. The van der Waals surface area contributed by atoms with Gasteiger partial charge in [0.25, 0.3) is 5.79 Å². The third-order valence-corrected chi connectivity index (χ3v) is 7.63. The third kappa shape index (κ3) is 5.75. The van der Waals surface area contributed by atoms with Gasteiger partial charge in [-0.1, -0.05) is 64.3 Å². The number of hydrogen-bond donors (Lipinski definition) is 1. The van der Waals surface area contributed by atoms with Crippen LogP contribution in [0.2, 0.25) is 25.7 Å². The molecule has 1 aliphatic rings. The number of hydrogen-bond acceptors (Lipinski definition) is 5. The second-order valence-corrected chi connectivity index (χ2v) is 16.5. The number of carbonyl (C=O) groups excluding carboxylic acids is 1. The maximum atomic E-state index is 14.6. The van der Waals surface area contributed by atoms with Crippen molar-refractivity contribution in [3.8, 4) is 0 Å². The van der Waals surface area contributed by atoms with Gasteiger partial charge in [-0.3, -0.25) is 4.99 Å². The monoisotopic (exact) mass is 470 g/mol. The van der Waals surface area contributed by atoms with Gasteiger partial charge in [0.05, 0.1) is 0 Å². The summed E-state index contributed by atoms with van der Waals surface area (Å²) < 4.78 is 40.4. The van der Waals surface area contributed by atoms with Gasteiger partial charge in [0, 0.05) is 25.7 Å². The van der Waals surface area contributed by atoms with E-state index in [2.05, 4.69) is 19.6 Å². The van der Waals surface area contributed by atoms with E-state index in [1.165, 1.54) is 23.9 Å². The summed E-state index contributed by atoms with van der Waals surface area (Å²) in [5.41, 5.74) is 3.55. The summed E-state index contributed by atoms with van der Waals surface area (Å²) in [6.45, 7) is 14.2. The average Bonchev–Trinajstić information content (AvgIpc) is 2.60. The summed E-state index contributed by atoms with van der Waals surface area (Å²) in [6, 6.07) is 4.81. The molecule has 172 valence electrons. The topological polar surface area (TPSA) is 73.9 Å².